The Morgan fingerprint density at radius 3 is 1.65 bits per heavy atom. The highest BCUT2D eigenvalue weighted by Crippen LogP contribution is 2.45. The summed E-state index contributed by atoms with van der Waals surface area (Å²) in [5.74, 6) is 0. The monoisotopic (exact) mass is 703 g/mol. The highest BCUT2D eigenvalue weighted by Gasteiger charge is 2.19. The van der Waals surface area contributed by atoms with Crippen LogP contribution in [0.1, 0.15) is 0 Å². The first-order chi connectivity index (χ1) is 26.8. The number of nitrogens with zero attached hydrogens (tertiary/aromatic N) is 1. The second-order valence-electron chi connectivity index (χ2n) is 14.1. The summed E-state index contributed by atoms with van der Waals surface area (Å²) < 4.78 is 2.64. The van der Waals surface area contributed by atoms with Crippen LogP contribution >= 0.6 is 11.3 Å². The van der Waals surface area contributed by atoms with Crippen molar-refractivity contribution in [2.24, 2.45) is 0 Å². The van der Waals surface area contributed by atoms with Crippen molar-refractivity contribution in [2.45, 2.75) is 0 Å². The molecule has 1 aromatic heterocycles. The van der Waals surface area contributed by atoms with E-state index in [1.165, 1.54) is 85.5 Å². The molecule has 0 radical (unpaired) electrons. The summed E-state index contributed by atoms with van der Waals surface area (Å²) in [6, 6.07) is 73.6. The van der Waals surface area contributed by atoms with Crippen LogP contribution in [0, 0.1) is 0 Å². The van der Waals surface area contributed by atoms with Crippen LogP contribution in [0.5, 0.6) is 0 Å². The number of anilines is 3. The Balaban J connectivity index is 1.16. The third-order valence-electron chi connectivity index (χ3n) is 11.0. The normalized spacial score (nSPS) is 11.7. The molecule has 0 spiro atoms. The van der Waals surface area contributed by atoms with E-state index in [9.17, 15) is 0 Å². The molecule has 0 saturated heterocycles. The fourth-order valence-corrected chi connectivity index (χ4v) is 9.56. The van der Waals surface area contributed by atoms with E-state index in [-0.39, 0.29) is 0 Å². The average Bonchev–Trinajstić information content (AvgIpc) is 3.62. The smallest absolute Gasteiger partial charge is 0.0540 e. The van der Waals surface area contributed by atoms with Gasteiger partial charge in [0.15, 0.2) is 0 Å². The Hall–Kier alpha value is -6.74. The fraction of sp³-hybridized carbons (Fsp3) is 0. The molecule has 0 bridgehead atoms. The van der Waals surface area contributed by atoms with Crippen molar-refractivity contribution >= 4 is 91.7 Å². The molecule has 0 aliphatic heterocycles. The summed E-state index contributed by atoms with van der Waals surface area (Å²) in [7, 11) is 0. The standard InChI is InChI=1S/C52H33NS/c1-2-11-34(12-3-1)38-14-8-16-41(31-38)53(42-17-9-15-39(32-42)40-28-30-50-47(33-40)45-19-6-7-22-49(45)54-50)48-21-10-20-46-44(48)29-27-37-26-25-36-24-23-35-13-4-5-18-43(35)51(36)52(37)46/h1-33H. The Bertz CT molecular complexity index is 3220. The Morgan fingerprint density at radius 2 is 0.852 bits per heavy atom. The molecule has 0 aliphatic rings. The van der Waals surface area contributed by atoms with Gasteiger partial charge in [-0.15, -0.1) is 11.3 Å². The first-order valence-corrected chi connectivity index (χ1v) is 19.3. The predicted molar refractivity (Wildman–Crippen MR) is 235 cm³/mol. The molecule has 0 fully saturated rings. The molecule has 0 amide bonds. The zero-order valence-corrected chi connectivity index (χ0v) is 30.2. The van der Waals surface area contributed by atoms with E-state index in [0.29, 0.717) is 0 Å². The van der Waals surface area contributed by atoms with Gasteiger partial charge in [-0.1, -0.05) is 152 Å². The van der Waals surface area contributed by atoms with Crippen LogP contribution in [0.25, 0.3) is 85.5 Å². The maximum Gasteiger partial charge on any atom is 0.0540 e. The molecular formula is C52H33NS. The summed E-state index contributed by atoms with van der Waals surface area (Å²) in [5.41, 5.74) is 8.17. The van der Waals surface area contributed by atoms with Crippen LogP contribution in [-0.2, 0) is 0 Å². The van der Waals surface area contributed by atoms with E-state index in [1.807, 2.05) is 11.3 Å². The van der Waals surface area contributed by atoms with Gasteiger partial charge in [0.25, 0.3) is 0 Å². The number of thiophene rings is 1. The minimum absolute atomic E-state index is 1.11. The topological polar surface area (TPSA) is 3.24 Å². The molecule has 0 unspecified atom stereocenters. The van der Waals surface area contributed by atoms with E-state index < -0.39 is 0 Å². The molecule has 11 aromatic rings. The summed E-state index contributed by atoms with van der Waals surface area (Å²) >= 11 is 1.86. The summed E-state index contributed by atoms with van der Waals surface area (Å²) in [5, 5.41) is 12.8. The minimum atomic E-state index is 1.11. The molecule has 0 atom stereocenters. The van der Waals surface area contributed by atoms with E-state index in [0.717, 1.165) is 17.1 Å². The lowest BCUT2D eigenvalue weighted by atomic mass is 9.92. The Morgan fingerprint density at radius 1 is 0.296 bits per heavy atom. The van der Waals surface area contributed by atoms with Crippen LogP contribution in [-0.4, -0.2) is 0 Å². The number of hydrogen-bond acceptors (Lipinski definition) is 2. The molecule has 2 heteroatoms. The summed E-state index contributed by atoms with van der Waals surface area (Å²) in [6.07, 6.45) is 0. The predicted octanol–water partition coefficient (Wildman–Crippen LogP) is 15.5. The highest BCUT2D eigenvalue weighted by atomic mass is 32.1. The first-order valence-electron chi connectivity index (χ1n) is 18.5. The maximum absolute atomic E-state index is 2.45. The van der Waals surface area contributed by atoms with Gasteiger partial charge in [-0.2, -0.15) is 0 Å². The summed E-state index contributed by atoms with van der Waals surface area (Å²) in [4.78, 5) is 2.45. The van der Waals surface area contributed by atoms with Crippen LogP contribution in [0.3, 0.4) is 0 Å². The number of benzene rings is 10. The van der Waals surface area contributed by atoms with Crippen molar-refractivity contribution < 1.29 is 0 Å². The van der Waals surface area contributed by atoms with Gasteiger partial charge in [0.2, 0.25) is 0 Å². The first kappa shape index (κ1) is 30.8. The molecule has 0 N–H and O–H groups in total. The Labute approximate surface area is 317 Å². The van der Waals surface area contributed by atoms with E-state index in [2.05, 4.69) is 205 Å². The molecule has 54 heavy (non-hydrogen) atoms. The molecule has 0 saturated carbocycles. The summed E-state index contributed by atoms with van der Waals surface area (Å²) in [6.45, 7) is 0. The zero-order chi connectivity index (χ0) is 35.6. The molecule has 1 heterocycles. The molecule has 10 aromatic carbocycles. The second-order valence-corrected chi connectivity index (χ2v) is 15.2. The minimum Gasteiger partial charge on any atom is -0.310 e. The fourth-order valence-electron chi connectivity index (χ4n) is 8.47. The largest absolute Gasteiger partial charge is 0.310 e. The van der Waals surface area contributed by atoms with Crippen molar-refractivity contribution in [3.63, 3.8) is 0 Å². The van der Waals surface area contributed by atoms with Crippen LogP contribution in [0.4, 0.5) is 17.1 Å². The van der Waals surface area contributed by atoms with E-state index in [1.54, 1.807) is 0 Å². The quantitative estimate of drug-likeness (QED) is 0.161. The van der Waals surface area contributed by atoms with Gasteiger partial charge < -0.3 is 4.90 Å². The second kappa shape index (κ2) is 12.4. The molecule has 252 valence electrons. The number of hydrogen-bond donors (Lipinski definition) is 0. The van der Waals surface area contributed by atoms with Crippen LogP contribution < -0.4 is 4.90 Å². The average molecular weight is 704 g/mol. The molecule has 1 nitrogen and oxygen atoms in total. The van der Waals surface area contributed by atoms with Gasteiger partial charge in [-0.25, -0.2) is 0 Å². The third-order valence-corrected chi connectivity index (χ3v) is 12.1. The lowest BCUT2D eigenvalue weighted by Gasteiger charge is -2.28. The lowest BCUT2D eigenvalue weighted by molar-refractivity contribution is 1.30. The van der Waals surface area contributed by atoms with Gasteiger partial charge in [-0.3, -0.25) is 0 Å². The van der Waals surface area contributed by atoms with Crippen molar-refractivity contribution in [3.8, 4) is 22.3 Å². The van der Waals surface area contributed by atoms with Crippen LogP contribution in [0.2, 0.25) is 0 Å². The number of rotatable bonds is 5. The molecular weight excluding hydrogens is 671 g/mol. The highest BCUT2D eigenvalue weighted by molar-refractivity contribution is 7.25. The van der Waals surface area contributed by atoms with Gasteiger partial charge in [-0.05, 0) is 108 Å². The maximum atomic E-state index is 2.45. The van der Waals surface area contributed by atoms with Gasteiger partial charge >= 0.3 is 0 Å². The van der Waals surface area contributed by atoms with Crippen molar-refractivity contribution in [3.05, 3.63) is 200 Å². The lowest BCUT2D eigenvalue weighted by Crippen LogP contribution is -2.10. The number of fused-ring (bicyclic) bond motifs is 10. The SMILES string of the molecule is c1ccc(-c2cccc(N(c3cccc(-c4ccc5sc6ccccc6c5c4)c3)c3cccc4c3ccc3ccc5ccc6ccccc6c5c34)c2)cc1. The van der Waals surface area contributed by atoms with Gasteiger partial charge in [0.05, 0.1) is 5.69 Å². The van der Waals surface area contributed by atoms with Crippen molar-refractivity contribution in [1.82, 2.24) is 0 Å². The molecule has 0 aliphatic carbocycles. The van der Waals surface area contributed by atoms with E-state index in [4.69, 9.17) is 0 Å². The zero-order valence-electron chi connectivity index (χ0n) is 29.4. The van der Waals surface area contributed by atoms with Crippen molar-refractivity contribution in [2.75, 3.05) is 4.90 Å². The van der Waals surface area contributed by atoms with Crippen LogP contribution in [0.15, 0.2) is 200 Å². The van der Waals surface area contributed by atoms with E-state index >= 15 is 0 Å². The Kier molecular flexibility index (Phi) is 7.11. The third kappa shape index (κ3) is 4.99. The van der Waals surface area contributed by atoms with Gasteiger partial charge in [0, 0.05) is 36.9 Å². The van der Waals surface area contributed by atoms with Crippen molar-refractivity contribution in [1.29, 1.82) is 0 Å². The van der Waals surface area contributed by atoms with Gasteiger partial charge in [0.1, 0.15) is 0 Å². The molecule has 11 rings (SSSR count).